The van der Waals surface area contributed by atoms with Gasteiger partial charge in [0, 0.05) is 6.20 Å². The molecule has 0 saturated carbocycles. The number of nitrogens with one attached hydrogen (secondary N) is 1. The highest BCUT2D eigenvalue weighted by Gasteiger charge is 2.18. The van der Waals surface area contributed by atoms with Gasteiger partial charge in [-0.3, -0.25) is 4.79 Å². The van der Waals surface area contributed by atoms with Gasteiger partial charge in [0.25, 0.3) is 5.56 Å². The predicted molar refractivity (Wildman–Crippen MR) is 110 cm³/mol. The van der Waals surface area contributed by atoms with Gasteiger partial charge in [-0.1, -0.05) is 19.4 Å². The molecule has 1 atom stereocenters. The standard InChI is InChI=1S/C20H23N3O4S/c1-4-5-11-27-16-9-8-14(12-17(16)26-3)13(2)22-20(25)23-19(24)15-7-6-10-21-18(15)28-23/h6-10,12-13H,4-5,11H2,1-3H3,(H,22,25)/t13-/m0/s1. The van der Waals surface area contributed by atoms with Gasteiger partial charge >= 0.3 is 6.03 Å². The highest BCUT2D eigenvalue weighted by molar-refractivity contribution is 7.14. The molecular formula is C20H23N3O4S. The first-order valence-corrected chi connectivity index (χ1v) is 9.91. The monoisotopic (exact) mass is 401 g/mol. The molecule has 0 aliphatic carbocycles. The van der Waals surface area contributed by atoms with Crippen molar-refractivity contribution >= 4 is 27.8 Å². The first-order valence-electron chi connectivity index (χ1n) is 9.13. The molecule has 148 valence electrons. The average molecular weight is 401 g/mol. The van der Waals surface area contributed by atoms with Gasteiger partial charge in [0.1, 0.15) is 4.83 Å². The Labute approximate surface area is 167 Å². The Bertz CT molecular complexity index is 1030. The lowest BCUT2D eigenvalue weighted by Crippen LogP contribution is -2.34. The number of benzene rings is 1. The van der Waals surface area contributed by atoms with E-state index in [1.807, 2.05) is 25.1 Å². The molecule has 0 radical (unpaired) electrons. The van der Waals surface area contributed by atoms with Crippen LogP contribution in [-0.2, 0) is 0 Å². The third-order valence-electron chi connectivity index (χ3n) is 4.33. The van der Waals surface area contributed by atoms with Crippen LogP contribution < -0.4 is 20.3 Å². The molecule has 7 nitrogen and oxygen atoms in total. The van der Waals surface area contributed by atoms with E-state index in [2.05, 4.69) is 17.2 Å². The van der Waals surface area contributed by atoms with Gasteiger partial charge in [-0.15, -0.1) is 0 Å². The number of ether oxygens (including phenoxy) is 2. The van der Waals surface area contributed by atoms with Crippen LogP contribution in [0.3, 0.4) is 0 Å². The van der Waals surface area contributed by atoms with Crippen molar-refractivity contribution in [3.63, 3.8) is 0 Å². The van der Waals surface area contributed by atoms with E-state index in [9.17, 15) is 9.59 Å². The van der Waals surface area contributed by atoms with E-state index in [0.717, 1.165) is 33.9 Å². The summed E-state index contributed by atoms with van der Waals surface area (Å²) in [6.07, 6.45) is 3.62. The Balaban J connectivity index is 1.76. The molecule has 0 bridgehead atoms. The summed E-state index contributed by atoms with van der Waals surface area (Å²) in [5, 5.41) is 3.28. The van der Waals surface area contributed by atoms with Crippen LogP contribution in [0.2, 0.25) is 0 Å². The van der Waals surface area contributed by atoms with Gasteiger partial charge in [-0.25, -0.2) is 9.78 Å². The number of carbonyl (C=O) groups excluding carboxylic acids is 1. The van der Waals surface area contributed by atoms with Crippen LogP contribution in [-0.4, -0.2) is 28.7 Å². The molecule has 28 heavy (non-hydrogen) atoms. The molecule has 1 amide bonds. The number of amides is 1. The third kappa shape index (κ3) is 4.17. The van der Waals surface area contributed by atoms with Crippen LogP contribution in [0.15, 0.2) is 41.3 Å². The summed E-state index contributed by atoms with van der Waals surface area (Å²) in [4.78, 5) is 29.7. The fraction of sp³-hybridized carbons (Fsp3) is 0.350. The number of hydrogen-bond donors (Lipinski definition) is 1. The maximum Gasteiger partial charge on any atom is 0.338 e. The SMILES string of the molecule is CCCCOc1ccc([C@H](C)NC(=O)n2sc3ncccc3c2=O)cc1OC. The van der Waals surface area contributed by atoms with Crippen LogP contribution in [0, 0.1) is 0 Å². The lowest BCUT2D eigenvalue weighted by Gasteiger charge is -2.17. The van der Waals surface area contributed by atoms with E-state index >= 15 is 0 Å². The van der Waals surface area contributed by atoms with Crippen molar-refractivity contribution in [1.82, 2.24) is 14.3 Å². The van der Waals surface area contributed by atoms with Crippen molar-refractivity contribution < 1.29 is 14.3 Å². The number of fused-ring (bicyclic) bond motifs is 1. The topological polar surface area (TPSA) is 82.5 Å². The predicted octanol–water partition coefficient (Wildman–Crippen LogP) is 3.96. The second-order valence-corrected chi connectivity index (χ2v) is 7.26. The summed E-state index contributed by atoms with van der Waals surface area (Å²) < 4.78 is 12.2. The van der Waals surface area contributed by atoms with Crippen LogP contribution in [0.25, 0.3) is 10.2 Å². The summed E-state index contributed by atoms with van der Waals surface area (Å²) in [7, 11) is 1.58. The minimum atomic E-state index is -0.484. The highest BCUT2D eigenvalue weighted by Crippen LogP contribution is 2.30. The van der Waals surface area contributed by atoms with Gasteiger partial charge in [-0.05, 0) is 54.7 Å². The van der Waals surface area contributed by atoms with Gasteiger partial charge in [0.15, 0.2) is 11.5 Å². The second-order valence-electron chi connectivity index (χ2n) is 6.33. The van der Waals surface area contributed by atoms with E-state index in [1.54, 1.807) is 25.4 Å². The number of nitrogens with zero attached hydrogens (tertiary/aromatic N) is 2. The quantitative estimate of drug-likeness (QED) is 0.606. The molecule has 0 spiro atoms. The van der Waals surface area contributed by atoms with Crippen LogP contribution >= 0.6 is 11.5 Å². The molecule has 1 aromatic carbocycles. The smallest absolute Gasteiger partial charge is 0.338 e. The van der Waals surface area contributed by atoms with Crippen molar-refractivity contribution in [3.05, 3.63) is 52.4 Å². The molecule has 0 aliphatic rings. The molecule has 0 aliphatic heterocycles. The molecule has 1 N–H and O–H groups in total. The normalized spacial score (nSPS) is 12.0. The van der Waals surface area contributed by atoms with Crippen molar-refractivity contribution in [1.29, 1.82) is 0 Å². The Hall–Kier alpha value is -2.87. The number of rotatable bonds is 7. The number of hydrogen-bond acceptors (Lipinski definition) is 6. The minimum Gasteiger partial charge on any atom is -0.493 e. The van der Waals surface area contributed by atoms with Gasteiger partial charge in [0.2, 0.25) is 0 Å². The van der Waals surface area contributed by atoms with Gasteiger partial charge in [0.05, 0.1) is 25.1 Å². The Kier molecular flexibility index (Phi) is 6.30. The molecule has 0 fully saturated rings. The fourth-order valence-electron chi connectivity index (χ4n) is 2.72. The third-order valence-corrected chi connectivity index (χ3v) is 5.34. The summed E-state index contributed by atoms with van der Waals surface area (Å²) in [5.41, 5.74) is 0.482. The molecule has 2 aromatic heterocycles. The highest BCUT2D eigenvalue weighted by atomic mass is 32.1. The molecule has 2 heterocycles. The first kappa shape index (κ1) is 19.9. The van der Waals surface area contributed by atoms with E-state index < -0.39 is 6.03 Å². The Morgan fingerprint density at radius 1 is 1.32 bits per heavy atom. The zero-order valence-electron chi connectivity index (χ0n) is 16.1. The van der Waals surface area contributed by atoms with Crippen molar-refractivity contribution in [2.24, 2.45) is 0 Å². The molecule has 0 saturated heterocycles. The van der Waals surface area contributed by atoms with Crippen molar-refractivity contribution in [3.8, 4) is 11.5 Å². The summed E-state index contributed by atoms with van der Waals surface area (Å²) in [5.74, 6) is 1.28. The zero-order chi connectivity index (χ0) is 20.1. The van der Waals surface area contributed by atoms with E-state index in [1.165, 1.54) is 0 Å². The summed E-state index contributed by atoms with van der Waals surface area (Å²) in [6, 6.07) is 8.08. The number of pyridine rings is 1. The maximum atomic E-state index is 12.6. The molecule has 3 aromatic rings. The van der Waals surface area contributed by atoms with E-state index in [-0.39, 0.29) is 11.6 Å². The van der Waals surface area contributed by atoms with E-state index in [4.69, 9.17) is 9.47 Å². The average Bonchev–Trinajstić information content (AvgIpc) is 3.05. The second kappa shape index (κ2) is 8.88. The lowest BCUT2D eigenvalue weighted by atomic mass is 10.1. The van der Waals surface area contributed by atoms with Crippen LogP contribution in [0.1, 0.15) is 38.3 Å². The number of methoxy groups -OCH3 is 1. The van der Waals surface area contributed by atoms with Gasteiger partial charge < -0.3 is 14.8 Å². The van der Waals surface area contributed by atoms with Crippen LogP contribution in [0.5, 0.6) is 11.5 Å². The Morgan fingerprint density at radius 3 is 2.86 bits per heavy atom. The van der Waals surface area contributed by atoms with E-state index in [0.29, 0.717) is 28.3 Å². The lowest BCUT2D eigenvalue weighted by molar-refractivity contribution is 0.241. The molecule has 8 heteroatoms. The zero-order valence-corrected chi connectivity index (χ0v) is 16.9. The number of carbonyl (C=O) groups is 1. The largest absolute Gasteiger partial charge is 0.493 e. The number of unbranched alkanes of at least 4 members (excludes halogenated alkanes) is 1. The number of aromatic nitrogens is 2. The maximum absolute atomic E-state index is 12.6. The summed E-state index contributed by atoms with van der Waals surface area (Å²) >= 11 is 1.03. The van der Waals surface area contributed by atoms with Gasteiger partial charge in [-0.2, -0.15) is 3.96 Å². The minimum absolute atomic E-state index is 0.323. The fourth-order valence-corrected chi connectivity index (χ4v) is 3.58. The van der Waals surface area contributed by atoms with Crippen molar-refractivity contribution in [2.45, 2.75) is 32.7 Å². The molecule has 0 unspecified atom stereocenters. The Morgan fingerprint density at radius 2 is 2.14 bits per heavy atom. The molecular weight excluding hydrogens is 378 g/mol. The van der Waals surface area contributed by atoms with Crippen molar-refractivity contribution in [2.75, 3.05) is 13.7 Å². The summed E-state index contributed by atoms with van der Waals surface area (Å²) in [6.45, 7) is 4.58. The van der Waals surface area contributed by atoms with Crippen LogP contribution in [0.4, 0.5) is 4.79 Å². The molecule has 3 rings (SSSR count). The first-order chi connectivity index (χ1) is 13.5.